The van der Waals surface area contributed by atoms with Crippen LogP contribution in [0.15, 0.2) is 22.7 Å². The van der Waals surface area contributed by atoms with Gasteiger partial charge in [-0.1, -0.05) is 15.9 Å². The van der Waals surface area contributed by atoms with Crippen LogP contribution in [-0.4, -0.2) is 30.1 Å². The van der Waals surface area contributed by atoms with Gasteiger partial charge < -0.3 is 10.5 Å². The second kappa shape index (κ2) is 4.22. The molecule has 3 nitrogen and oxygen atoms in total. The molecule has 2 aliphatic heterocycles. The molecule has 0 aliphatic carbocycles. The molecule has 2 aliphatic rings. The quantitative estimate of drug-likeness (QED) is 0.800. The molecule has 1 fully saturated rings. The van der Waals surface area contributed by atoms with Crippen molar-refractivity contribution >= 4 is 15.9 Å². The number of nitrogens with zero attached hydrogens (tertiary/aromatic N) is 1. The Kier molecular flexibility index (Phi) is 2.92. The lowest BCUT2D eigenvalue weighted by atomic mass is 9.86. The third-order valence-corrected chi connectivity index (χ3v) is 4.74. The maximum Gasteiger partial charge on any atom is 0.125 e. The second-order valence-electron chi connectivity index (χ2n) is 5.75. The van der Waals surface area contributed by atoms with Crippen LogP contribution in [0.3, 0.4) is 0 Å². The molecule has 4 heteroatoms. The van der Waals surface area contributed by atoms with Gasteiger partial charge in [-0.3, -0.25) is 4.90 Å². The predicted molar refractivity (Wildman–Crippen MR) is 75.8 cm³/mol. The Morgan fingerprint density at radius 2 is 2.22 bits per heavy atom. The smallest absolute Gasteiger partial charge is 0.125 e. The van der Waals surface area contributed by atoms with Gasteiger partial charge in [-0.25, -0.2) is 0 Å². The minimum absolute atomic E-state index is 0.0740. The minimum atomic E-state index is -0.0889. The zero-order chi connectivity index (χ0) is 12.9. The first kappa shape index (κ1) is 12.5. The van der Waals surface area contributed by atoms with Crippen molar-refractivity contribution in [3.63, 3.8) is 0 Å². The Balaban J connectivity index is 1.95. The van der Waals surface area contributed by atoms with Gasteiger partial charge in [0.05, 0.1) is 0 Å². The van der Waals surface area contributed by atoms with E-state index in [1.54, 1.807) is 0 Å². The summed E-state index contributed by atoms with van der Waals surface area (Å²) in [6.07, 6.45) is 1.97. The molecule has 2 heterocycles. The van der Waals surface area contributed by atoms with E-state index in [-0.39, 0.29) is 11.6 Å². The van der Waals surface area contributed by atoms with Crippen molar-refractivity contribution in [1.82, 2.24) is 4.90 Å². The van der Waals surface area contributed by atoms with Gasteiger partial charge in [-0.15, -0.1) is 0 Å². The van der Waals surface area contributed by atoms with Crippen molar-refractivity contribution in [1.29, 1.82) is 0 Å². The molecule has 0 aromatic heterocycles. The number of fused-ring (bicyclic) bond motifs is 1. The van der Waals surface area contributed by atoms with Crippen molar-refractivity contribution in [2.24, 2.45) is 5.73 Å². The molecule has 0 radical (unpaired) electrons. The van der Waals surface area contributed by atoms with Crippen LogP contribution in [-0.2, 0) is 0 Å². The Morgan fingerprint density at radius 3 is 2.89 bits per heavy atom. The fourth-order valence-corrected chi connectivity index (χ4v) is 3.66. The van der Waals surface area contributed by atoms with Gasteiger partial charge >= 0.3 is 0 Å². The van der Waals surface area contributed by atoms with Gasteiger partial charge in [0.2, 0.25) is 0 Å². The Hall–Kier alpha value is -0.580. The topological polar surface area (TPSA) is 38.5 Å². The van der Waals surface area contributed by atoms with Gasteiger partial charge in [0.15, 0.2) is 0 Å². The molecule has 0 bridgehead atoms. The van der Waals surface area contributed by atoms with E-state index in [0.29, 0.717) is 6.04 Å². The zero-order valence-corrected chi connectivity index (χ0v) is 12.4. The van der Waals surface area contributed by atoms with Gasteiger partial charge in [0, 0.05) is 41.5 Å². The first-order chi connectivity index (χ1) is 8.49. The van der Waals surface area contributed by atoms with Crippen LogP contribution in [0.25, 0.3) is 0 Å². The molecule has 1 aromatic carbocycles. The highest BCUT2D eigenvalue weighted by Crippen LogP contribution is 2.44. The maximum absolute atomic E-state index is 6.34. The highest BCUT2D eigenvalue weighted by Gasteiger charge is 2.46. The lowest BCUT2D eigenvalue weighted by Gasteiger charge is -2.38. The summed E-state index contributed by atoms with van der Waals surface area (Å²) in [7, 11) is 2.16. The van der Waals surface area contributed by atoms with Crippen LogP contribution in [0.5, 0.6) is 5.75 Å². The summed E-state index contributed by atoms with van der Waals surface area (Å²) in [5, 5.41) is 0. The average molecular weight is 311 g/mol. The molecular formula is C14H19BrN2O. The Labute approximate surface area is 116 Å². The van der Waals surface area contributed by atoms with Crippen molar-refractivity contribution in [2.45, 2.75) is 37.5 Å². The number of hydrogen-bond acceptors (Lipinski definition) is 3. The lowest BCUT2D eigenvalue weighted by Crippen LogP contribution is -2.44. The normalized spacial score (nSPS) is 35.6. The average Bonchev–Trinajstić information content (AvgIpc) is 2.55. The van der Waals surface area contributed by atoms with Crippen LogP contribution in [0.1, 0.15) is 31.4 Å². The van der Waals surface area contributed by atoms with E-state index in [1.807, 2.05) is 12.1 Å². The number of halogens is 1. The van der Waals surface area contributed by atoms with Crippen molar-refractivity contribution < 1.29 is 4.74 Å². The summed E-state index contributed by atoms with van der Waals surface area (Å²) in [4.78, 5) is 2.36. The van der Waals surface area contributed by atoms with Gasteiger partial charge in [-0.05, 0) is 32.2 Å². The van der Waals surface area contributed by atoms with E-state index in [9.17, 15) is 0 Å². The molecule has 1 spiro atoms. The Morgan fingerprint density at radius 1 is 1.44 bits per heavy atom. The molecule has 2 unspecified atom stereocenters. The molecule has 98 valence electrons. The standard InChI is InChI=1S/C14H19BrN2O/c1-9-6-14(8-17(9)2)7-12(16)11-5-10(15)3-4-13(11)18-14/h3-5,9,12H,6-8,16H2,1-2H3/t9?,12-,14?/m1/s1. The minimum Gasteiger partial charge on any atom is -0.485 e. The summed E-state index contributed by atoms with van der Waals surface area (Å²) >= 11 is 3.49. The SMILES string of the molecule is CC1CC2(C[C@@H](N)c3cc(Br)ccc3O2)CN1C. The molecule has 1 saturated heterocycles. The molecule has 18 heavy (non-hydrogen) atoms. The summed E-state index contributed by atoms with van der Waals surface area (Å²) in [5.74, 6) is 0.958. The lowest BCUT2D eigenvalue weighted by molar-refractivity contribution is 0.0463. The van der Waals surface area contributed by atoms with Crippen LogP contribution >= 0.6 is 15.9 Å². The summed E-state index contributed by atoms with van der Waals surface area (Å²) in [6.45, 7) is 3.22. The van der Waals surface area contributed by atoms with Crippen molar-refractivity contribution in [2.75, 3.05) is 13.6 Å². The number of rotatable bonds is 0. The number of likely N-dealkylation sites (tertiary alicyclic amines) is 1. The fourth-order valence-electron chi connectivity index (χ4n) is 3.28. The molecule has 2 N–H and O–H groups in total. The molecule has 3 atom stereocenters. The van der Waals surface area contributed by atoms with E-state index in [4.69, 9.17) is 10.5 Å². The first-order valence-corrected chi connectivity index (χ1v) is 7.23. The molecule has 0 amide bonds. The number of likely N-dealkylation sites (N-methyl/N-ethyl adjacent to an activating group) is 1. The van der Waals surface area contributed by atoms with Gasteiger partial charge in [0.25, 0.3) is 0 Å². The zero-order valence-electron chi connectivity index (χ0n) is 10.8. The van der Waals surface area contributed by atoms with Crippen LogP contribution in [0, 0.1) is 0 Å². The molecule has 3 rings (SSSR count). The van der Waals surface area contributed by atoms with E-state index in [1.165, 1.54) is 0 Å². The summed E-state index contributed by atoms with van der Waals surface area (Å²) < 4.78 is 7.37. The number of benzene rings is 1. The van der Waals surface area contributed by atoms with E-state index in [0.717, 1.165) is 35.2 Å². The highest BCUT2D eigenvalue weighted by molar-refractivity contribution is 9.10. The van der Waals surface area contributed by atoms with Crippen LogP contribution in [0.2, 0.25) is 0 Å². The number of hydrogen-bond donors (Lipinski definition) is 1. The van der Waals surface area contributed by atoms with E-state index in [2.05, 4.69) is 40.9 Å². The molecule has 0 saturated carbocycles. The van der Waals surface area contributed by atoms with Crippen LogP contribution < -0.4 is 10.5 Å². The van der Waals surface area contributed by atoms with Crippen molar-refractivity contribution in [3.8, 4) is 5.75 Å². The van der Waals surface area contributed by atoms with Crippen molar-refractivity contribution in [3.05, 3.63) is 28.2 Å². The largest absolute Gasteiger partial charge is 0.485 e. The highest BCUT2D eigenvalue weighted by atomic mass is 79.9. The van der Waals surface area contributed by atoms with Gasteiger partial charge in [0.1, 0.15) is 11.4 Å². The number of ether oxygens (including phenoxy) is 1. The third-order valence-electron chi connectivity index (χ3n) is 4.25. The molecule has 1 aromatic rings. The predicted octanol–water partition coefficient (Wildman–Crippen LogP) is 2.69. The van der Waals surface area contributed by atoms with Crippen LogP contribution in [0.4, 0.5) is 0 Å². The second-order valence-corrected chi connectivity index (χ2v) is 6.66. The van der Waals surface area contributed by atoms with Gasteiger partial charge in [-0.2, -0.15) is 0 Å². The third kappa shape index (κ3) is 1.96. The summed E-state index contributed by atoms with van der Waals surface area (Å²) in [5.41, 5.74) is 7.37. The van der Waals surface area contributed by atoms with E-state index < -0.39 is 0 Å². The fraction of sp³-hybridized carbons (Fsp3) is 0.571. The van der Waals surface area contributed by atoms with E-state index >= 15 is 0 Å². The summed E-state index contributed by atoms with van der Waals surface area (Å²) in [6, 6.07) is 6.77. The maximum atomic E-state index is 6.34. The first-order valence-electron chi connectivity index (χ1n) is 6.43. The number of nitrogens with two attached hydrogens (primary N) is 1. The Bertz CT molecular complexity index is 467. The molecular weight excluding hydrogens is 292 g/mol. The monoisotopic (exact) mass is 310 g/mol.